The van der Waals surface area contributed by atoms with Gasteiger partial charge < -0.3 is 9.64 Å². The zero-order valence-electron chi connectivity index (χ0n) is 10.4. The second-order valence-corrected chi connectivity index (χ2v) is 5.01. The molecule has 0 radical (unpaired) electrons. The lowest BCUT2D eigenvalue weighted by atomic mass is 9.80. The van der Waals surface area contributed by atoms with Crippen molar-refractivity contribution in [1.82, 2.24) is 4.90 Å². The molecule has 0 bridgehead atoms. The fourth-order valence-corrected chi connectivity index (χ4v) is 2.94. The summed E-state index contributed by atoms with van der Waals surface area (Å²) < 4.78 is 4.97. The Morgan fingerprint density at radius 2 is 2.00 bits per heavy atom. The van der Waals surface area contributed by atoms with E-state index in [1.807, 2.05) is 4.90 Å². The minimum absolute atomic E-state index is 0.154. The van der Waals surface area contributed by atoms with Gasteiger partial charge in [-0.2, -0.15) is 12.6 Å². The van der Waals surface area contributed by atoms with Crippen LogP contribution >= 0.6 is 12.6 Å². The highest BCUT2D eigenvalue weighted by Gasteiger charge is 2.33. The topological polar surface area (TPSA) is 29.5 Å². The first-order valence-electron chi connectivity index (χ1n) is 6.20. The lowest BCUT2D eigenvalue weighted by molar-refractivity contribution is 0.136. The Kier molecular flexibility index (Phi) is 5.46. The number of thiol groups is 1. The lowest BCUT2D eigenvalue weighted by Gasteiger charge is -2.35. The van der Waals surface area contributed by atoms with Crippen molar-refractivity contribution in [2.75, 3.05) is 25.4 Å². The predicted molar refractivity (Wildman–Crippen MR) is 69.0 cm³/mol. The molecule has 1 amide bonds. The van der Waals surface area contributed by atoms with Crippen LogP contribution in [0.4, 0.5) is 4.79 Å². The van der Waals surface area contributed by atoms with E-state index in [1.165, 1.54) is 0 Å². The third kappa shape index (κ3) is 3.30. The maximum absolute atomic E-state index is 11.5. The van der Waals surface area contributed by atoms with Gasteiger partial charge in [-0.05, 0) is 24.0 Å². The van der Waals surface area contributed by atoms with Crippen molar-refractivity contribution in [3.05, 3.63) is 0 Å². The molecular weight excluding hydrogens is 222 g/mol. The van der Waals surface area contributed by atoms with E-state index in [0.29, 0.717) is 6.61 Å². The van der Waals surface area contributed by atoms with Crippen molar-refractivity contribution in [3.63, 3.8) is 0 Å². The quantitative estimate of drug-likeness (QED) is 0.699. The highest BCUT2D eigenvalue weighted by Crippen LogP contribution is 2.33. The molecule has 0 atom stereocenters. The van der Waals surface area contributed by atoms with Crippen LogP contribution in [0.2, 0.25) is 0 Å². The summed E-state index contributed by atoms with van der Waals surface area (Å²) in [6.45, 7) is 6.46. The van der Waals surface area contributed by atoms with Gasteiger partial charge >= 0.3 is 6.09 Å². The monoisotopic (exact) mass is 245 g/mol. The summed E-state index contributed by atoms with van der Waals surface area (Å²) in [4.78, 5) is 13.3. The molecule has 1 saturated heterocycles. The van der Waals surface area contributed by atoms with Crippen LogP contribution < -0.4 is 0 Å². The van der Waals surface area contributed by atoms with Gasteiger partial charge in [0, 0.05) is 6.54 Å². The third-order valence-electron chi connectivity index (χ3n) is 3.27. The van der Waals surface area contributed by atoms with Crippen molar-refractivity contribution in [2.24, 2.45) is 5.41 Å². The summed E-state index contributed by atoms with van der Waals surface area (Å²) in [5, 5.41) is 0. The lowest BCUT2D eigenvalue weighted by Crippen LogP contribution is -2.39. The number of cyclic esters (lactones) is 1. The van der Waals surface area contributed by atoms with Crippen LogP contribution in [0.3, 0.4) is 0 Å². The van der Waals surface area contributed by atoms with Gasteiger partial charge in [0.15, 0.2) is 0 Å². The van der Waals surface area contributed by atoms with Gasteiger partial charge in [-0.3, -0.25) is 0 Å². The summed E-state index contributed by atoms with van der Waals surface area (Å²) in [7, 11) is 0. The summed E-state index contributed by atoms with van der Waals surface area (Å²) in [5.74, 6) is 0.846. The highest BCUT2D eigenvalue weighted by molar-refractivity contribution is 7.80. The average molecular weight is 245 g/mol. The van der Waals surface area contributed by atoms with Crippen LogP contribution in [-0.4, -0.2) is 36.4 Å². The van der Waals surface area contributed by atoms with Crippen LogP contribution in [0.5, 0.6) is 0 Å². The number of carbonyl (C=O) groups is 1. The number of carbonyl (C=O) groups excluding carboxylic acids is 1. The molecule has 1 heterocycles. The minimum atomic E-state index is -0.154. The summed E-state index contributed by atoms with van der Waals surface area (Å²) in [6, 6.07) is 0. The first-order valence-corrected chi connectivity index (χ1v) is 6.83. The van der Waals surface area contributed by atoms with Gasteiger partial charge in [0.2, 0.25) is 0 Å². The van der Waals surface area contributed by atoms with Gasteiger partial charge in [-0.1, -0.05) is 26.7 Å². The number of hydrogen-bond donors (Lipinski definition) is 1. The van der Waals surface area contributed by atoms with Crippen LogP contribution in [-0.2, 0) is 4.74 Å². The molecule has 1 fully saturated rings. The summed E-state index contributed by atoms with van der Waals surface area (Å²) >= 11 is 4.49. The predicted octanol–water partition coefficient (Wildman–Crippen LogP) is 2.96. The van der Waals surface area contributed by atoms with E-state index in [1.54, 1.807) is 0 Å². The number of amides is 1. The maximum Gasteiger partial charge on any atom is 0.409 e. The van der Waals surface area contributed by atoms with Crippen molar-refractivity contribution >= 4 is 18.7 Å². The van der Waals surface area contributed by atoms with Crippen LogP contribution in [0, 0.1) is 5.41 Å². The third-order valence-corrected chi connectivity index (χ3v) is 3.94. The van der Waals surface area contributed by atoms with E-state index in [2.05, 4.69) is 26.5 Å². The normalized spacial score (nSPS) is 16.7. The molecule has 1 aliphatic heterocycles. The minimum Gasteiger partial charge on any atom is -0.448 e. The summed E-state index contributed by atoms with van der Waals surface area (Å²) in [6.07, 6.45) is 4.40. The molecule has 3 nitrogen and oxygen atoms in total. The zero-order chi connectivity index (χ0) is 12.0. The fraction of sp³-hybridized carbons (Fsp3) is 0.917. The Morgan fingerprint density at radius 3 is 2.38 bits per heavy atom. The van der Waals surface area contributed by atoms with Gasteiger partial charge in [-0.15, -0.1) is 0 Å². The highest BCUT2D eigenvalue weighted by atomic mass is 32.1. The molecule has 1 aliphatic rings. The van der Waals surface area contributed by atoms with E-state index < -0.39 is 0 Å². The van der Waals surface area contributed by atoms with Gasteiger partial charge in [0.05, 0.1) is 6.54 Å². The Morgan fingerprint density at radius 1 is 1.38 bits per heavy atom. The van der Waals surface area contributed by atoms with Crippen LogP contribution in [0.25, 0.3) is 0 Å². The Labute approximate surface area is 104 Å². The molecule has 0 aromatic carbocycles. The Bertz CT molecular complexity index is 227. The molecule has 94 valence electrons. The molecule has 0 aliphatic carbocycles. The standard InChI is InChI=1S/C12H23NO2S/c1-3-5-12(10-16,6-4-2)9-13-7-8-15-11(13)14/h16H,3-10H2,1-2H3. The molecule has 0 saturated carbocycles. The number of ether oxygens (including phenoxy) is 1. The molecule has 4 heteroatoms. The van der Waals surface area contributed by atoms with E-state index in [-0.39, 0.29) is 11.5 Å². The summed E-state index contributed by atoms with van der Waals surface area (Å²) in [5.41, 5.74) is 0.177. The van der Waals surface area contributed by atoms with Crippen LogP contribution in [0.1, 0.15) is 39.5 Å². The molecule has 0 unspecified atom stereocenters. The molecular formula is C12H23NO2S. The smallest absolute Gasteiger partial charge is 0.409 e. The van der Waals surface area contributed by atoms with Crippen LogP contribution in [0.15, 0.2) is 0 Å². The fourth-order valence-electron chi connectivity index (χ4n) is 2.53. The Hall–Kier alpha value is -0.380. The van der Waals surface area contributed by atoms with Crippen molar-refractivity contribution in [2.45, 2.75) is 39.5 Å². The zero-order valence-corrected chi connectivity index (χ0v) is 11.3. The van der Waals surface area contributed by atoms with E-state index in [4.69, 9.17) is 4.74 Å². The molecule has 0 aromatic heterocycles. The SMILES string of the molecule is CCCC(CS)(CCC)CN1CCOC1=O. The molecule has 0 aromatic rings. The van der Waals surface area contributed by atoms with E-state index in [9.17, 15) is 4.79 Å². The van der Waals surface area contributed by atoms with Gasteiger partial charge in [0.1, 0.15) is 6.61 Å². The van der Waals surface area contributed by atoms with Crippen molar-refractivity contribution in [1.29, 1.82) is 0 Å². The van der Waals surface area contributed by atoms with E-state index >= 15 is 0 Å². The molecule has 16 heavy (non-hydrogen) atoms. The van der Waals surface area contributed by atoms with Crippen molar-refractivity contribution < 1.29 is 9.53 Å². The van der Waals surface area contributed by atoms with Gasteiger partial charge in [-0.25, -0.2) is 4.79 Å². The average Bonchev–Trinajstić information content (AvgIpc) is 2.65. The number of hydrogen-bond acceptors (Lipinski definition) is 3. The maximum atomic E-state index is 11.5. The Balaban J connectivity index is 2.63. The molecule has 1 rings (SSSR count). The molecule has 0 spiro atoms. The first-order chi connectivity index (χ1) is 7.67. The van der Waals surface area contributed by atoms with Gasteiger partial charge in [0.25, 0.3) is 0 Å². The van der Waals surface area contributed by atoms with E-state index in [0.717, 1.165) is 44.5 Å². The largest absolute Gasteiger partial charge is 0.448 e. The van der Waals surface area contributed by atoms with Crippen molar-refractivity contribution in [3.8, 4) is 0 Å². The second-order valence-electron chi connectivity index (χ2n) is 4.69. The number of rotatable bonds is 7. The second kappa shape index (κ2) is 6.38. The number of nitrogens with zero attached hydrogens (tertiary/aromatic N) is 1. The molecule has 0 N–H and O–H groups in total. The first kappa shape index (κ1) is 13.7.